The van der Waals surface area contributed by atoms with Gasteiger partial charge in [-0.05, 0) is 29.8 Å². The third-order valence-corrected chi connectivity index (χ3v) is 4.56. The highest BCUT2D eigenvalue weighted by atomic mass is 16.1. The van der Waals surface area contributed by atoms with Gasteiger partial charge in [-0.15, -0.1) is 6.58 Å². The molecule has 0 aliphatic carbocycles. The van der Waals surface area contributed by atoms with Crippen LogP contribution in [0.3, 0.4) is 0 Å². The highest BCUT2D eigenvalue weighted by Gasteiger charge is 2.19. The van der Waals surface area contributed by atoms with Crippen LogP contribution in [0.15, 0.2) is 77.7 Å². The van der Waals surface area contributed by atoms with Crippen LogP contribution in [0.2, 0.25) is 0 Å². The standard InChI is InChI=1S/C21H15N7O/c1-2-11-27-13-23-19-17(21(27)29)18-20(26-16-6-4-3-5-15(16)25-18)28(19)24-12-14-7-9-22-10-8-14/h2-10,12-13H,1,11H2. The Bertz CT molecular complexity index is 1470. The minimum atomic E-state index is -0.206. The summed E-state index contributed by atoms with van der Waals surface area (Å²) in [7, 11) is 0. The summed E-state index contributed by atoms with van der Waals surface area (Å²) in [4.78, 5) is 31.0. The lowest BCUT2D eigenvalue weighted by atomic mass is 10.3. The molecule has 8 nitrogen and oxygen atoms in total. The van der Waals surface area contributed by atoms with Gasteiger partial charge in [-0.1, -0.05) is 18.2 Å². The number of hydrogen-bond acceptors (Lipinski definition) is 6. The molecular formula is C21H15N7O. The molecule has 0 amide bonds. The second-order valence-electron chi connectivity index (χ2n) is 6.41. The van der Waals surface area contributed by atoms with Crippen molar-refractivity contribution in [2.75, 3.05) is 0 Å². The van der Waals surface area contributed by atoms with Crippen LogP contribution in [0, 0.1) is 0 Å². The Labute approximate surface area is 164 Å². The van der Waals surface area contributed by atoms with E-state index in [1.54, 1.807) is 29.4 Å². The Kier molecular flexibility index (Phi) is 3.94. The van der Waals surface area contributed by atoms with Crippen LogP contribution in [-0.4, -0.2) is 35.4 Å². The van der Waals surface area contributed by atoms with E-state index in [2.05, 4.69) is 21.6 Å². The van der Waals surface area contributed by atoms with Crippen molar-refractivity contribution in [1.29, 1.82) is 0 Å². The quantitative estimate of drug-likeness (QED) is 0.353. The van der Waals surface area contributed by atoms with E-state index >= 15 is 0 Å². The van der Waals surface area contributed by atoms with Crippen molar-refractivity contribution in [3.05, 3.63) is 83.7 Å². The molecule has 0 fully saturated rings. The molecule has 0 aliphatic rings. The van der Waals surface area contributed by atoms with E-state index < -0.39 is 0 Å². The fourth-order valence-corrected chi connectivity index (χ4v) is 3.21. The van der Waals surface area contributed by atoms with Gasteiger partial charge in [0.2, 0.25) is 0 Å². The Morgan fingerprint density at radius 1 is 1.03 bits per heavy atom. The van der Waals surface area contributed by atoms with E-state index in [1.165, 1.54) is 10.9 Å². The molecule has 0 atom stereocenters. The van der Waals surface area contributed by atoms with Gasteiger partial charge < -0.3 is 0 Å². The fourth-order valence-electron chi connectivity index (χ4n) is 3.21. The van der Waals surface area contributed by atoms with Crippen LogP contribution in [0.5, 0.6) is 0 Å². The number of pyridine rings is 1. The second kappa shape index (κ2) is 6.75. The zero-order chi connectivity index (χ0) is 19.8. The SMILES string of the molecule is C=CCn1cnc2c(c1=O)c1nc3ccccc3nc1n2N=Cc1ccncc1. The Hall–Kier alpha value is -4.20. The zero-order valence-electron chi connectivity index (χ0n) is 15.3. The first kappa shape index (κ1) is 16.9. The maximum atomic E-state index is 13.1. The van der Waals surface area contributed by atoms with Crippen molar-refractivity contribution in [3.8, 4) is 0 Å². The molecule has 5 aromatic rings. The van der Waals surface area contributed by atoms with E-state index in [1.807, 2.05) is 36.4 Å². The summed E-state index contributed by atoms with van der Waals surface area (Å²) in [6, 6.07) is 11.2. The molecule has 0 radical (unpaired) electrons. The molecule has 140 valence electrons. The molecular weight excluding hydrogens is 366 g/mol. The molecule has 0 aliphatic heterocycles. The summed E-state index contributed by atoms with van der Waals surface area (Å²) in [5, 5.41) is 4.93. The second-order valence-corrected chi connectivity index (χ2v) is 6.41. The van der Waals surface area contributed by atoms with Crippen molar-refractivity contribution >= 4 is 39.4 Å². The molecule has 0 unspecified atom stereocenters. The highest BCUT2D eigenvalue weighted by molar-refractivity contribution is 6.04. The van der Waals surface area contributed by atoms with Crippen molar-refractivity contribution < 1.29 is 0 Å². The summed E-state index contributed by atoms with van der Waals surface area (Å²) < 4.78 is 3.05. The van der Waals surface area contributed by atoms with Crippen molar-refractivity contribution in [2.45, 2.75) is 6.54 Å². The number of nitrogens with zero attached hydrogens (tertiary/aromatic N) is 7. The first-order valence-electron chi connectivity index (χ1n) is 8.98. The number of hydrogen-bond donors (Lipinski definition) is 0. The molecule has 4 heterocycles. The van der Waals surface area contributed by atoms with Gasteiger partial charge in [0.1, 0.15) is 17.2 Å². The molecule has 0 N–H and O–H groups in total. The lowest BCUT2D eigenvalue weighted by Crippen LogP contribution is -2.19. The number of rotatable bonds is 4. The molecule has 0 saturated heterocycles. The summed E-state index contributed by atoms with van der Waals surface area (Å²) in [6.45, 7) is 4.06. The first-order chi connectivity index (χ1) is 14.3. The highest BCUT2D eigenvalue weighted by Crippen LogP contribution is 2.24. The number of aromatic nitrogens is 6. The molecule has 29 heavy (non-hydrogen) atoms. The first-order valence-corrected chi connectivity index (χ1v) is 8.98. The van der Waals surface area contributed by atoms with Gasteiger partial charge >= 0.3 is 0 Å². The maximum absolute atomic E-state index is 13.1. The zero-order valence-corrected chi connectivity index (χ0v) is 15.3. The van der Waals surface area contributed by atoms with Gasteiger partial charge in [-0.3, -0.25) is 14.3 Å². The van der Waals surface area contributed by atoms with E-state index in [4.69, 9.17) is 9.97 Å². The predicted octanol–water partition coefficient (Wildman–Crippen LogP) is 2.76. The topological polar surface area (TPSA) is 90.8 Å². The molecule has 0 spiro atoms. The lowest BCUT2D eigenvalue weighted by Gasteiger charge is -2.01. The summed E-state index contributed by atoms with van der Waals surface area (Å²) in [6.07, 6.45) is 8.19. The van der Waals surface area contributed by atoms with E-state index in [0.29, 0.717) is 34.3 Å². The minimum absolute atomic E-state index is 0.206. The average Bonchev–Trinajstić information content (AvgIpc) is 3.06. The Morgan fingerprint density at radius 2 is 1.79 bits per heavy atom. The molecule has 0 bridgehead atoms. The molecule has 5 rings (SSSR count). The van der Waals surface area contributed by atoms with Crippen LogP contribution < -0.4 is 5.56 Å². The van der Waals surface area contributed by atoms with Gasteiger partial charge in [0.05, 0.1) is 17.2 Å². The summed E-state index contributed by atoms with van der Waals surface area (Å²) >= 11 is 0. The van der Waals surface area contributed by atoms with Crippen molar-refractivity contribution in [3.63, 3.8) is 0 Å². The predicted molar refractivity (Wildman–Crippen MR) is 112 cm³/mol. The van der Waals surface area contributed by atoms with Crippen molar-refractivity contribution in [2.24, 2.45) is 5.10 Å². The van der Waals surface area contributed by atoms with Crippen LogP contribution in [0.1, 0.15) is 5.56 Å². The average molecular weight is 381 g/mol. The van der Waals surface area contributed by atoms with Crippen LogP contribution in [0.4, 0.5) is 0 Å². The third kappa shape index (κ3) is 2.78. The van der Waals surface area contributed by atoms with Gasteiger partial charge in [0.25, 0.3) is 5.56 Å². The van der Waals surface area contributed by atoms with E-state index in [9.17, 15) is 4.79 Å². The largest absolute Gasteiger partial charge is 0.295 e. The van der Waals surface area contributed by atoms with Crippen LogP contribution >= 0.6 is 0 Å². The number of benzene rings is 1. The summed E-state index contributed by atoms with van der Waals surface area (Å²) in [5.74, 6) is 0. The number of allylic oxidation sites excluding steroid dienone is 1. The number of para-hydroxylation sites is 2. The number of fused-ring (bicyclic) bond motifs is 4. The maximum Gasteiger partial charge on any atom is 0.265 e. The molecule has 8 heteroatoms. The van der Waals surface area contributed by atoms with Gasteiger partial charge in [0.15, 0.2) is 11.3 Å². The lowest BCUT2D eigenvalue weighted by molar-refractivity contribution is 0.763. The minimum Gasteiger partial charge on any atom is -0.295 e. The molecule has 0 saturated carbocycles. The van der Waals surface area contributed by atoms with E-state index in [-0.39, 0.29) is 5.56 Å². The normalized spacial score (nSPS) is 11.7. The fraction of sp³-hybridized carbons (Fsp3) is 0.0476. The van der Waals surface area contributed by atoms with Crippen LogP contribution in [-0.2, 0) is 6.54 Å². The Balaban J connectivity index is 1.87. The van der Waals surface area contributed by atoms with Gasteiger partial charge in [-0.25, -0.2) is 15.0 Å². The molecule has 1 aromatic carbocycles. The van der Waals surface area contributed by atoms with Gasteiger partial charge in [-0.2, -0.15) is 9.78 Å². The van der Waals surface area contributed by atoms with Crippen LogP contribution in [0.25, 0.3) is 33.2 Å². The third-order valence-electron chi connectivity index (χ3n) is 4.56. The smallest absolute Gasteiger partial charge is 0.265 e. The van der Waals surface area contributed by atoms with Crippen molar-refractivity contribution in [1.82, 2.24) is 29.2 Å². The van der Waals surface area contributed by atoms with Gasteiger partial charge in [0, 0.05) is 18.9 Å². The Morgan fingerprint density at radius 3 is 2.55 bits per heavy atom. The van der Waals surface area contributed by atoms with E-state index in [0.717, 1.165) is 11.1 Å². The monoisotopic (exact) mass is 381 g/mol. The summed E-state index contributed by atoms with van der Waals surface area (Å²) in [5.41, 5.74) is 3.44. The molecule has 4 aromatic heterocycles.